The molecule has 0 atom stereocenters. The Hall–Kier alpha value is -1.16. The molecule has 2 heterocycles. The lowest BCUT2D eigenvalue weighted by Gasteiger charge is -2.09. The Morgan fingerprint density at radius 2 is 1.84 bits per heavy atom. The summed E-state index contributed by atoms with van der Waals surface area (Å²) in [6.45, 7) is 8.84. The predicted molar refractivity (Wildman–Crippen MR) is 80.9 cm³/mol. The van der Waals surface area contributed by atoms with E-state index >= 15 is 0 Å². The van der Waals surface area contributed by atoms with E-state index in [0.717, 1.165) is 18.7 Å². The Balaban J connectivity index is 2.09. The number of thiazole rings is 1. The summed E-state index contributed by atoms with van der Waals surface area (Å²) < 4.78 is 2.23. The van der Waals surface area contributed by atoms with Crippen molar-refractivity contribution in [3.05, 3.63) is 33.8 Å². The second-order valence-corrected chi connectivity index (χ2v) is 6.53. The summed E-state index contributed by atoms with van der Waals surface area (Å²) in [6, 6.07) is 0. The Labute approximate surface area is 119 Å². The maximum Gasteiger partial charge on any atom is 0.111 e. The van der Waals surface area contributed by atoms with Crippen LogP contribution in [0, 0.1) is 0 Å². The van der Waals surface area contributed by atoms with Gasteiger partial charge in [0.25, 0.3) is 0 Å². The van der Waals surface area contributed by atoms with Crippen LogP contribution in [0.4, 0.5) is 0 Å². The number of rotatable bonds is 5. The molecule has 4 heteroatoms. The van der Waals surface area contributed by atoms with E-state index in [2.05, 4.69) is 49.3 Å². The minimum absolute atomic E-state index is 0.476. The van der Waals surface area contributed by atoms with Gasteiger partial charge in [-0.05, 0) is 18.8 Å². The van der Waals surface area contributed by atoms with Crippen molar-refractivity contribution < 1.29 is 0 Å². The third kappa shape index (κ3) is 3.06. The molecule has 0 fully saturated rings. The average Bonchev–Trinajstić information content (AvgIpc) is 2.92. The minimum Gasteiger partial charge on any atom is -0.335 e. The highest BCUT2D eigenvalue weighted by atomic mass is 32.1. The number of imidazole rings is 1. The molecule has 2 aromatic heterocycles. The summed E-state index contributed by atoms with van der Waals surface area (Å²) in [7, 11) is 2.11. The molecular weight excluding hydrogens is 254 g/mol. The SMILES string of the molecule is CC(C)c1scnc1CCc1cnc(C(C)C)n1C. The first-order chi connectivity index (χ1) is 9.00. The van der Waals surface area contributed by atoms with Gasteiger partial charge >= 0.3 is 0 Å². The van der Waals surface area contributed by atoms with Crippen molar-refractivity contribution in [3.63, 3.8) is 0 Å². The van der Waals surface area contributed by atoms with Crippen LogP contribution in [0.15, 0.2) is 11.7 Å². The van der Waals surface area contributed by atoms with E-state index in [-0.39, 0.29) is 0 Å². The Kier molecular flexibility index (Phi) is 4.40. The lowest BCUT2D eigenvalue weighted by molar-refractivity contribution is 0.682. The number of hydrogen-bond acceptors (Lipinski definition) is 3. The molecule has 0 spiro atoms. The van der Waals surface area contributed by atoms with Gasteiger partial charge in [-0.2, -0.15) is 0 Å². The zero-order valence-corrected chi connectivity index (χ0v) is 13.3. The van der Waals surface area contributed by atoms with Crippen molar-refractivity contribution in [2.75, 3.05) is 0 Å². The van der Waals surface area contributed by atoms with Gasteiger partial charge in [-0.25, -0.2) is 9.97 Å². The standard InChI is InChI=1S/C15H23N3S/c1-10(2)14-13(17-9-19-14)7-6-12-8-16-15(11(3)4)18(12)5/h8-11H,6-7H2,1-5H3. The monoisotopic (exact) mass is 277 g/mol. The highest BCUT2D eigenvalue weighted by Crippen LogP contribution is 2.24. The number of hydrogen-bond donors (Lipinski definition) is 0. The fourth-order valence-electron chi connectivity index (χ4n) is 2.41. The third-order valence-corrected chi connectivity index (χ3v) is 4.62. The van der Waals surface area contributed by atoms with Crippen LogP contribution in [0.2, 0.25) is 0 Å². The van der Waals surface area contributed by atoms with Crippen LogP contribution >= 0.6 is 11.3 Å². The topological polar surface area (TPSA) is 30.7 Å². The van der Waals surface area contributed by atoms with Gasteiger partial charge in [-0.3, -0.25) is 0 Å². The second-order valence-electron chi connectivity index (χ2n) is 5.64. The fraction of sp³-hybridized carbons (Fsp3) is 0.600. The first-order valence-electron chi connectivity index (χ1n) is 6.93. The number of nitrogens with zero attached hydrogens (tertiary/aromatic N) is 3. The molecule has 0 saturated heterocycles. The minimum atomic E-state index is 0.476. The van der Waals surface area contributed by atoms with Crippen molar-refractivity contribution >= 4 is 11.3 Å². The third-order valence-electron chi connectivity index (χ3n) is 3.45. The predicted octanol–water partition coefficient (Wildman–Crippen LogP) is 3.91. The van der Waals surface area contributed by atoms with Crippen LogP contribution in [0.1, 0.15) is 61.6 Å². The van der Waals surface area contributed by atoms with Gasteiger partial charge in [0.2, 0.25) is 0 Å². The number of aryl methyl sites for hydroxylation is 2. The summed E-state index contributed by atoms with van der Waals surface area (Å²) in [5, 5.41) is 0. The molecule has 0 bridgehead atoms. The lowest BCUT2D eigenvalue weighted by atomic mass is 10.1. The van der Waals surface area contributed by atoms with Crippen molar-refractivity contribution in [3.8, 4) is 0 Å². The van der Waals surface area contributed by atoms with E-state index in [0.29, 0.717) is 11.8 Å². The second kappa shape index (κ2) is 5.87. The van der Waals surface area contributed by atoms with Gasteiger partial charge in [-0.15, -0.1) is 11.3 Å². The summed E-state index contributed by atoms with van der Waals surface area (Å²) in [4.78, 5) is 10.5. The first-order valence-corrected chi connectivity index (χ1v) is 7.81. The van der Waals surface area contributed by atoms with Crippen molar-refractivity contribution in [2.24, 2.45) is 7.05 Å². The smallest absolute Gasteiger partial charge is 0.111 e. The van der Waals surface area contributed by atoms with E-state index in [1.807, 2.05) is 11.7 Å². The van der Waals surface area contributed by atoms with Gasteiger partial charge in [0.15, 0.2) is 0 Å². The van der Waals surface area contributed by atoms with E-state index in [1.165, 1.54) is 16.3 Å². The lowest BCUT2D eigenvalue weighted by Crippen LogP contribution is -2.05. The van der Waals surface area contributed by atoms with Crippen molar-refractivity contribution in [2.45, 2.75) is 52.4 Å². The Bertz CT molecular complexity index is 537. The molecule has 2 rings (SSSR count). The normalized spacial score (nSPS) is 11.7. The van der Waals surface area contributed by atoms with Gasteiger partial charge < -0.3 is 4.57 Å². The van der Waals surface area contributed by atoms with Gasteiger partial charge in [0.1, 0.15) is 5.82 Å². The highest BCUT2D eigenvalue weighted by Gasteiger charge is 2.13. The molecule has 0 aliphatic heterocycles. The molecule has 0 unspecified atom stereocenters. The highest BCUT2D eigenvalue weighted by molar-refractivity contribution is 7.09. The molecule has 0 aliphatic rings. The van der Waals surface area contributed by atoms with Crippen LogP contribution in [-0.4, -0.2) is 14.5 Å². The van der Waals surface area contributed by atoms with E-state index in [4.69, 9.17) is 0 Å². The zero-order chi connectivity index (χ0) is 14.0. The Morgan fingerprint density at radius 3 is 2.42 bits per heavy atom. The van der Waals surface area contributed by atoms with Crippen LogP contribution in [0.25, 0.3) is 0 Å². The summed E-state index contributed by atoms with van der Waals surface area (Å²) in [5.74, 6) is 2.21. The molecular formula is C15H23N3S. The van der Waals surface area contributed by atoms with E-state index in [9.17, 15) is 0 Å². The quantitative estimate of drug-likeness (QED) is 0.829. The van der Waals surface area contributed by atoms with Crippen LogP contribution < -0.4 is 0 Å². The first kappa shape index (κ1) is 14.3. The molecule has 0 saturated carbocycles. The summed E-state index contributed by atoms with van der Waals surface area (Å²) in [5.41, 5.74) is 4.52. The van der Waals surface area contributed by atoms with Gasteiger partial charge in [-0.1, -0.05) is 27.7 Å². The molecule has 19 heavy (non-hydrogen) atoms. The van der Waals surface area contributed by atoms with Crippen LogP contribution in [-0.2, 0) is 19.9 Å². The van der Waals surface area contributed by atoms with E-state index in [1.54, 1.807) is 11.3 Å². The van der Waals surface area contributed by atoms with Crippen molar-refractivity contribution in [1.29, 1.82) is 0 Å². The maximum atomic E-state index is 4.52. The van der Waals surface area contributed by atoms with Crippen LogP contribution in [0.3, 0.4) is 0 Å². The molecule has 104 valence electrons. The van der Waals surface area contributed by atoms with Crippen molar-refractivity contribution in [1.82, 2.24) is 14.5 Å². The summed E-state index contributed by atoms with van der Waals surface area (Å²) >= 11 is 1.77. The molecule has 0 aromatic carbocycles. The zero-order valence-electron chi connectivity index (χ0n) is 12.5. The van der Waals surface area contributed by atoms with Gasteiger partial charge in [0, 0.05) is 29.7 Å². The van der Waals surface area contributed by atoms with E-state index < -0.39 is 0 Å². The fourth-order valence-corrected chi connectivity index (χ4v) is 3.27. The van der Waals surface area contributed by atoms with Crippen LogP contribution in [0.5, 0.6) is 0 Å². The number of aromatic nitrogens is 3. The van der Waals surface area contributed by atoms with Gasteiger partial charge in [0.05, 0.1) is 11.2 Å². The molecule has 0 radical (unpaired) electrons. The molecule has 2 aromatic rings. The molecule has 0 N–H and O–H groups in total. The molecule has 0 amide bonds. The molecule has 0 aliphatic carbocycles. The summed E-state index contributed by atoms with van der Waals surface area (Å²) in [6.07, 6.45) is 4.03. The average molecular weight is 277 g/mol. The molecule has 3 nitrogen and oxygen atoms in total. The largest absolute Gasteiger partial charge is 0.335 e. The maximum absolute atomic E-state index is 4.52. The Morgan fingerprint density at radius 1 is 1.11 bits per heavy atom.